The second kappa shape index (κ2) is 9.28. The normalized spacial score (nSPS) is 20.8. The van der Waals surface area contributed by atoms with Crippen LogP contribution in [0.15, 0.2) is 48.2 Å². The lowest BCUT2D eigenvalue weighted by atomic mass is 9.95. The van der Waals surface area contributed by atoms with Crippen LogP contribution in [0.3, 0.4) is 0 Å². The SMILES string of the molecule is Cc1ccc([C@@H]2C(=C(O)c3c(C)nc4c(C)cccn34)C(=O)C(=O)N2CCN2CCOCC2)cc1. The molecule has 4 heterocycles. The lowest BCUT2D eigenvalue weighted by molar-refractivity contribution is -0.140. The highest BCUT2D eigenvalue weighted by Gasteiger charge is 2.46. The molecule has 2 saturated heterocycles. The maximum absolute atomic E-state index is 13.4. The van der Waals surface area contributed by atoms with Crippen LogP contribution in [-0.2, 0) is 14.3 Å². The van der Waals surface area contributed by atoms with Crippen molar-refractivity contribution < 1.29 is 19.4 Å². The van der Waals surface area contributed by atoms with E-state index in [4.69, 9.17) is 4.74 Å². The third kappa shape index (κ3) is 4.13. The largest absolute Gasteiger partial charge is 0.505 e. The number of aliphatic hydroxyl groups is 1. The number of aromatic nitrogens is 2. The molecule has 8 heteroatoms. The lowest BCUT2D eigenvalue weighted by Gasteiger charge is -2.31. The average Bonchev–Trinajstić information content (AvgIpc) is 3.33. The van der Waals surface area contributed by atoms with E-state index in [1.807, 2.05) is 56.4 Å². The number of aryl methyl sites for hydroxylation is 3. The summed E-state index contributed by atoms with van der Waals surface area (Å²) in [7, 11) is 0. The van der Waals surface area contributed by atoms with Crippen LogP contribution in [0, 0.1) is 20.8 Å². The molecule has 8 nitrogen and oxygen atoms in total. The minimum absolute atomic E-state index is 0.104. The van der Waals surface area contributed by atoms with Crippen molar-refractivity contribution >= 4 is 23.1 Å². The summed E-state index contributed by atoms with van der Waals surface area (Å²) in [6.45, 7) is 9.65. The quantitative estimate of drug-likeness (QED) is 0.348. The van der Waals surface area contributed by atoms with E-state index in [0.29, 0.717) is 43.3 Å². The molecule has 1 atom stereocenters. The molecule has 182 valence electrons. The first kappa shape index (κ1) is 23.3. The predicted molar refractivity (Wildman–Crippen MR) is 132 cm³/mol. The van der Waals surface area contributed by atoms with Gasteiger partial charge in [-0.25, -0.2) is 4.98 Å². The Morgan fingerprint density at radius 1 is 1.06 bits per heavy atom. The Balaban J connectivity index is 1.62. The Labute approximate surface area is 204 Å². The van der Waals surface area contributed by atoms with E-state index < -0.39 is 17.7 Å². The molecule has 2 aliphatic heterocycles. The number of ketones is 1. The molecule has 2 fully saturated rings. The van der Waals surface area contributed by atoms with Gasteiger partial charge in [-0.15, -0.1) is 0 Å². The molecular formula is C27H30N4O4. The van der Waals surface area contributed by atoms with Crippen molar-refractivity contribution in [3.63, 3.8) is 0 Å². The zero-order valence-electron chi connectivity index (χ0n) is 20.3. The van der Waals surface area contributed by atoms with Crippen LogP contribution in [0.25, 0.3) is 11.4 Å². The summed E-state index contributed by atoms with van der Waals surface area (Å²) in [4.78, 5) is 35.1. The number of amides is 1. The van der Waals surface area contributed by atoms with Gasteiger partial charge in [-0.3, -0.25) is 18.9 Å². The molecule has 1 N–H and O–H groups in total. The summed E-state index contributed by atoms with van der Waals surface area (Å²) in [6.07, 6.45) is 1.81. The summed E-state index contributed by atoms with van der Waals surface area (Å²) in [5.41, 5.74) is 4.67. The number of likely N-dealkylation sites (tertiary alicyclic amines) is 1. The first-order valence-corrected chi connectivity index (χ1v) is 12.0. The van der Waals surface area contributed by atoms with Crippen molar-refractivity contribution in [1.29, 1.82) is 0 Å². The Hall–Kier alpha value is -3.49. The van der Waals surface area contributed by atoms with Crippen LogP contribution in [0.4, 0.5) is 0 Å². The van der Waals surface area contributed by atoms with E-state index in [0.717, 1.165) is 29.8 Å². The lowest BCUT2D eigenvalue weighted by Crippen LogP contribution is -2.42. The van der Waals surface area contributed by atoms with Gasteiger partial charge < -0.3 is 14.7 Å². The molecule has 1 amide bonds. The molecular weight excluding hydrogens is 444 g/mol. The molecule has 0 unspecified atom stereocenters. The highest BCUT2D eigenvalue weighted by Crippen LogP contribution is 2.40. The van der Waals surface area contributed by atoms with Gasteiger partial charge in [0, 0.05) is 32.4 Å². The average molecular weight is 475 g/mol. The van der Waals surface area contributed by atoms with Gasteiger partial charge >= 0.3 is 0 Å². The predicted octanol–water partition coefficient (Wildman–Crippen LogP) is 3.01. The highest BCUT2D eigenvalue weighted by molar-refractivity contribution is 6.46. The molecule has 0 saturated carbocycles. The minimum atomic E-state index is -0.675. The zero-order chi connectivity index (χ0) is 24.7. The molecule has 0 aliphatic carbocycles. The van der Waals surface area contributed by atoms with Gasteiger partial charge in [0.2, 0.25) is 0 Å². The molecule has 0 bridgehead atoms. The van der Waals surface area contributed by atoms with Gasteiger partial charge in [0.25, 0.3) is 11.7 Å². The number of benzene rings is 1. The zero-order valence-corrected chi connectivity index (χ0v) is 20.3. The van der Waals surface area contributed by atoms with E-state index in [1.165, 1.54) is 0 Å². The fraction of sp³-hybridized carbons (Fsp3) is 0.370. The molecule has 1 aromatic carbocycles. The first-order chi connectivity index (χ1) is 16.9. The second-order valence-electron chi connectivity index (χ2n) is 9.29. The summed E-state index contributed by atoms with van der Waals surface area (Å²) >= 11 is 0. The first-order valence-electron chi connectivity index (χ1n) is 12.0. The Bertz CT molecular complexity index is 1320. The van der Waals surface area contributed by atoms with Crippen molar-refractivity contribution in [3.8, 4) is 0 Å². The number of Topliss-reactive ketones (excluding diaryl/α,β-unsaturated/α-hetero) is 1. The van der Waals surface area contributed by atoms with E-state index in [-0.39, 0.29) is 11.3 Å². The number of morpholine rings is 1. The summed E-state index contributed by atoms with van der Waals surface area (Å²) in [5, 5.41) is 11.6. The standard InChI is InChI=1S/C27H30N4O4/c1-17-6-8-20(9-7-17)23-21(24(32)22-19(3)28-26-18(2)5-4-10-30(22)26)25(33)27(34)31(23)12-11-29-13-15-35-16-14-29/h4-10,23,32H,11-16H2,1-3H3/t23-/m1/s1. The maximum atomic E-state index is 13.4. The van der Waals surface area contributed by atoms with Crippen molar-refractivity contribution in [2.75, 3.05) is 39.4 Å². The van der Waals surface area contributed by atoms with Crippen molar-refractivity contribution in [2.45, 2.75) is 26.8 Å². The number of carbonyl (C=O) groups excluding carboxylic acids is 2. The molecule has 0 radical (unpaired) electrons. The molecule has 2 aliphatic rings. The van der Waals surface area contributed by atoms with E-state index >= 15 is 0 Å². The summed E-state index contributed by atoms with van der Waals surface area (Å²) < 4.78 is 7.22. The van der Waals surface area contributed by atoms with Gasteiger partial charge in [-0.05, 0) is 38.0 Å². The smallest absolute Gasteiger partial charge is 0.295 e. The Kier molecular flexibility index (Phi) is 6.17. The van der Waals surface area contributed by atoms with Gasteiger partial charge in [0.15, 0.2) is 5.76 Å². The number of imidazole rings is 1. The molecule has 2 aromatic heterocycles. The van der Waals surface area contributed by atoms with E-state index in [2.05, 4.69) is 9.88 Å². The number of nitrogens with zero attached hydrogens (tertiary/aromatic N) is 4. The van der Waals surface area contributed by atoms with Crippen LogP contribution in [0.1, 0.15) is 34.1 Å². The molecule has 35 heavy (non-hydrogen) atoms. The van der Waals surface area contributed by atoms with E-state index in [1.54, 1.807) is 16.2 Å². The fourth-order valence-electron chi connectivity index (χ4n) is 5.01. The van der Waals surface area contributed by atoms with E-state index in [9.17, 15) is 14.7 Å². The summed E-state index contributed by atoms with van der Waals surface area (Å²) in [5.74, 6) is -1.46. The number of aliphatic hydroxyl groups excluding tert-OH is 1. The van der Waals surface area contributed by atoms with Crippen LogP contribution in [0.2, 0.25) is 0 Å². The van der Waals surface area contributed by atoms with Crippen molar-refractivity contribution in [3.05, 3.63) is 76.2 Å². The molecule has 3 aromatic rings. The third-order valence-corrected chi connectivity index (χ3v) is 6.94. The van der Waals surface area contributed by atoms with Crippen LogP contribution < -0.4 is 0 Å². The number of hydrogen-bond acceptors (Lipinski definition) is 6. The van der Waals surface area contributed by atoms with Crippen molar-refractivity contribution in [2.24, 2.45) is 0 Å². The summed E-state index contributed by atoms with van der Waals surface area (Å²) in [6, 6.07) is 10.9. The number of carbonyl (C=O) groups is 2. The monoisotopic (exact) mass is 474 g/mol. The van der Waals surface area contributed by atoms with Crippen molar-refractivity contribution in [1.82, 2.24) is 19.2 Å². The third-order valence-electron chi connectivity index (χ3n) is 6.94. The van der Waals surface area contributed by atoms with Crippen LogP contribution in [0.5, 0.6) is 0 Å². The van der Waals surface area contributed by atoms with Gasteiger partial charge in [-0.2, -0.15) is 0 Å². The minimum Gasteiger partial charge on any atom is -0.505 e. The number of rotatable bonds is 5. The Morgan fingerprint density at radius 2 is 1.77 bits per heavy atom. The Morgan fingerprint density at radius 3 is 2.49 bits per heavy atom. The fourth-order valence-corrected chi connectivity index (χ4v) is 5.01. The highest BCUT2D eigenvalue weighted by atomic mass is 16.5. The number of pyridine rings is 1. The number of ether oxygens (including phenoxy) is 1. The topological polar surface area (TPSA) is 87.4 Å². The van der Waals surface area contributed by atoms with Crippen LogP contribution in [-0.4, -0.2) is 75.4 Å². The van der Waals surface area contributed by atoms with Gasteiger partial charge in [-0.1, -0.05) is 35.9 Å². The molecule has 0 spiro atoms. The maximum Gasteiger partial charge on any atom is 0.295 e. The molecule has 5 rings (SSSR count). The van der Waals surface area contributed by atoms with Gasteiger partial charge in [0.05, 0.1) is 30.5 Å². The second-order valence-corrected chi connectivity index (χ2v) is 9.29. The number of hydrogen-bond donors (Lipinski definition) is 1. The van der Waals surface area contributed by atoms with Crippen LogP contribution >= 0.6 is 0 Å². The van der Waals surface area contributed by atoms with Gasteiger partial charge in [0.1, 0.15) is 11.3 Å². The number of fused-ring (bicyclic) bond motifs is 1.